The van der Waals surface area contributed by atoms with Gasteiger partial charge in [0.15, 0.2) is 0 Å². The van der Waals surface area contributed by atoms with Crippen LogP contribution in [0, 0.1) is 11.8 Å². The lowest BCUT2D eigenvalue weighted by Gasteiger charge is -2.23. The quantitative estimate of drug-likeness (QED) is 0.357. The second-order valence-corrected chi connectivity index (χ2v) is 11.2. The van der Waals surface area contributed by atoms with Crippen molar-refractivity contribution in [2.75, 3.05) is 45.2 Å². The van der Waals surface area contributed by atoms with E-state index in [2.05, 4.69) is 10.2 Å². The minimum Gasteiger partial charge on any atom is -0.446 e. The van der Waals surface area contributed by atoms with Crippen molar-refractivity contribution in [2.45, 2.75) is 25.4 Å². The van der Waals surface area contributed by atoms with E-state index in [1.807, 2.05) is 60.7 Å². The molecule has 1 heterocycles. The summed E-state index contributed by atoms with van der Waals surface area (Å²) in [5, 5.41) is 12.5. The van der Waals surface area contributed by atoms with Crippen LogP contribution in [0.3, 0.4) is 0 Å². The highest BCUT2D eigenvalue weighted by Gasteiger charge is 2.42. The first-order chi connectivity index (χ1) is 19.4. The molecular formula is C32H36ClN3O4. The fourth-order valence-electron chi connectivity index (χ4n) is 5.99. The molecule has 1 saturated carbocycles. The van der Waals surface area contributed by atoms with E-state index in [-0.39, 0.29) is 18.6 Å². The molecule has 1 saturated heterocycles. The van der Waals surface area contributed by atoms with Gasteiger partial charge in [0.25, 0.3) is 5.91 Å². The number of anilines is 1. The maximum absolute atomic E-state index is 12.9. The van der Waals surface area contributed by atoms with Crippen LogP contribution in [0.25, 0.3) is 11.1 Å². The first-order valence-electron chi connectivity index (χ1n) is 13.9. The lowest BCUT2D eigenvalue weighted by molar-refractivity contribution is 0.0779. The summed E-state index contributed by atoms with van der Waals surface area (Å²) < 4.78 is 5.84. The second-order valence-electron chi connectivity index (χ2n) is 10.8. The number of nitrogens with zero attached hydrogens (tertiary/aromatic N) is 2. The number of likely N-dealkylation sites (N-methyl/N-ethyl adjacent to an activating group) is 1. The third kappa shape index (κ3) is 6.66. The van der Waals surface area contributed by atoms with Gasteiger partial charge < -0.3 is 19.6 Å². The van der Waals surface area contributed by atoms with E-state index in [1.165, 1.54) is 0 Å². The van der Waals surface area contributed by atoms with Crippen molar-refractivity contribution in [3.8, 4) is 11.1 Å². The maximum atomic E-state index is 12.9. The number of amides is 2. The summed E-state index contributed by atoms with van der Waals surface area (Å²) in [5.74, 6) is 0.876. The molecule has 5 rings (SSSR count). The van der Waals surface area contributed by atoms with Crippen LogP contribution in [-0.4, -0.2) is 72.8 Å². The lowest BCUT2D eigenvalue weighted by Crippen LogP contribution is -2.36. The predicted octanol–water partition coefficient (Wildman–Crippen LogP) is 5.57. The molecule has 0 radical (unpaired) electrons. The van der Waals surface area contributed by atoms with Gasteiger partial charge in [0.05, 0.1) is 16.3 Å². The molecule has 2 aliphatic rings. The summed E-state index contributed by atoms with van der Waals surface area (Å²) in [6.45, 7) is 3.34. The van der Waals surface area contributed by atoms with Crippen molar-refractivity contribution in [3.63, 3.8) is 0 Å². The van der Waals surface area contributed by atoms with Crippen molar-refractivity contribution in [3.05, 3.63) is 88.9 Å². The number of para-hydroxylation sites is 1. The number of carbonyl (C=O) groups is 2. The summed E-state index contributed by atoms with van der Waals surface area (Å²) in [4.78, 5) is 29.8. The summed E-state index contributed by atoms with van der Waals surface area (Å²) >= 11 is 6.35. The van der Waals surface area contributed by atoms with Crippen LogP contribution in [0.1, 0.15) is 28.8 Å². The molecule has 0 aromatic heterocycles. The number of fused-ring (bicyclic) bond motifs is 1. The summed E-state index contributed by atoms with van der Waals surface area (Å²) in [7, 11) is 1.80. The molecular weight excluding hydrogens is 526 g/mol. The predicted molar refractivity (Wildman–Crippen MR) is 158 cm³/mol. The van der Waals surface area contributed by atoms with Crippen LogP contribution < -0.4 is 5.32 Å². The van der Waals surface area contributed by atoms with Crippen LogP contribution in [0.5, 0.6) is 0 Å². The third-order valence-electron chi connectivity index (χ3n) is 8.07. The van der Waals surface area contributed by atoms with E-state index >= 15 is 0 Å². The zero-order valence-electron chi connectivity index (χ0n) is 22.8. The molecule has 2 N–H and O–H groups in total. The number of aliphatic hydroxyl groups excluding tert-OH is 1. The topological polar surface area (TPSA) is 82.1 Å². The number of likely N-dealkylation sites (tertiary alicyclic amines) is 1. The fourth-order valence-corrected chi connectivity index (χ4v) is 6.27. The Labute approximate surface area is 240 Å². The molecule has 7 nitrogen and oxygen atoms in total. The van der Waals surface area contributed by atoms with E-state index in [1.54, 1.807) is 24.1 Å². The minimum absolute atomic E-state index is 0.0463. The van der Waals surface area contributed by atoms with Gasteiger partial charge in [-0.3, -0.25) is 10.1 Å². The smallest absolute Gasteiger partial charge is 0.411 e. The Hall–Kier alpha value is -3.39. The fraction of sp³-hybridized carbons (Fsp3) is 0.375. The van der Waals surface area contributed by atoms with Crippen molar-refractivity contribution >= 4 is 29.3 Å². The SMILES string of the molecule is CN(CCN1C[C@H]2C[C@H](OC(=O)Nc3ccccc3-c3ccccc3)C[C@H]2C1)C(=O)c1ccc(CCO)cc1Cl. The molecule has 3 aromatic rings. The Bertz CT molecular complexity index is 1320. The Balaban J connectivity index is 1.07. The first kappa shape index (κ1) is 28.1. The van der Waals surface area contributed by atoms with Crippen molar-refractivity contribution in [2.24, 2.45) is 11.8 Å². The normalized spacial score (nSPS) is 20.2. The lowest BCUT2D eigenvalue weighted by atomic mass is 10.0. The van der Waals surface area contributed by atoms with Gasteiger partial charge in [-0.1, -0.05) is 66.2 Å². The van der Waals surface area contributed by atoms with Crippen LogP contribution in [0.4, 0.5) is 10.5 Å². The average Bonchev–Trinajstić information content (AvgIpc) is 3.50. The maximum Gasteiger partial charge on any atom is 0.411 e. The van der Waals surface area contributed by atoms with E-state index in [4.69, 9.17) is 21.4 Å². The number of halogens is 1. The molecule has 1 aliphatic carbocycles. The van der Waals surface area contributed by atoms with E-state index < -0.39 is 6.09 Å². The number of hydrogen-bond acceptors (Lipinski definition) is 5. The largest absolute Gasteiger partial charge is 0.446 e. The van der Waals surface area contributed by atoms with Crippen molar-refractivity contribution in [1.82, 2.24) is 9.80 Å². The zero-order chi connectivity index (χ0) is 28.1. The summed E-state index contributed by atoms with van der Waals surface area (Å²) in [5.41, 5.74) is 4.13. The van der Waals surface area contributed by atoms with Gasteiger partial charge in [0.2, 0.25) is 0 Å². The second kappa shape index (κ2) is 12.9. The number of ether oxygens (including phenoxy) is 1. The first-order valence-corrected chi connectivity index (χ1v) is 14.3. The highest BCUT2D eigenvalue weighted by atomic mass is 35.5. The van der Waals surface area contributed by atoms with Crippen LogP contribution in [-0.2, 0) is 11.2 Å². The molecule has 2 fully saturated rings. The van der Waals surface area contributed by atoms with Gasteiger partial charge >= 0.3 is 6.09 Å². The number of nitrogens with one attached hydrogen (secondary N) is 1. The van der Waals surface area contributed by atoms with E-state index in [9.17, 15) is 9.59 Å². The van der Waals surface area contributed by atoms with Crippen molar-refractivity contribution < 1.29 is 19.4 Å². The number of rotatable bonds is 9. The molecule has 3 atom stereocenters. The Morgan fingerprint density at radius 1 is 1.02 bits per heavy atom. The number of aliphatic hydroxyl groups is 1. The third-order valence-corrected chi connectivity index (χ3v) is 8.38. The van der Waals surface area contributed by atoms with Crippen LogP contribution in [0.2, 0.25) is 5.02 Å². The molecule has 0 unspecified atom stereocenters. The van der Waals surface area contributed by atoms with Gasteiger partial charge in [0.1, 0.15) is 6.10 Å². The number of carbonyl (C=O) groups excluding carboxylic acids is 2. The Morgan fingerprint density at radius 2 is 1.73 bits per heavy atom. The average molecular weight is 562 g/mol. The number of hydrogen-bond donors (Lipinski definition) is 2. The summed E-state index contributed by atoms with van der Waals surface area (Å²) in [6, 6.07) is 23.1. The standard InChI is InChI=1S/C32H36ClN3O4/c1-35(31(38)28-12-11-22(13-16-37)17-29(28)33)14-15-36-20-24-18-26(19-25(24)21-36)40-32(39)34-30-10-6-5-9-27(30)23-7-3-2-4-8-23/h2-12,17,24-26,37H,13-16,18-21H2,1H3,(H,34,39)/t24-,25+,26+. The van der Waals surface area contributed by atoms with Gasteiger partial charge in [-0.15, -0.1) is 0 Å². The van der Waals surface area contributed by atoms with Crippen LogP contribution in [0.15, 0.2) is 72.8 Å². The summed E-state index contributed by atoms with van der Waals surface area (Å²) in [6.07, 6.45) is 1.74. The molecule has 3 aromatic carbocycles. The molecule has 210 valence electrons. The molecule has 0 bridgehead atoms. The highest BCUT2D eigenvalue weighted by Crippen LogP contribution is 2.39. The Morgan fingerprint density at radius 3 is 2.42 bits per heavy atom. The van der Waals surface area contributed by atoms with Gasteiger partial charge in [-0.25, -0.2) is 4.79 Å². The molecule has 40 heavy (non-hydrogen) atoms. The van der Waals surface area contributed by atoms with Crippen molar-refractivity contribution in [1.29, 1.82) is 0 Å². The van der Waals surface area contributed by atoms with E-state index in [0.717, 1.165) is 54.9 Å². The monoisotopic (exact) mass is 561 g/mol. The zero-order valence-corrected chi connectivity index (χ0v) is 23.5. The highest BCUT2D eigenvalue weighted by molar-refractivity contribution is 6.33. The number of benzene rings is 3. The van der Waals surface area contributed by atoms with Gasteiger partial charge in [0, 0.05) is 45.4 Å². The molecule has 1 aliphatic heterocycles. The van der Waals surface area contributed by atoms with Gasteiger partial charge in [-0.2, -0.15) is 0 Å². The van der Waals surface area contributed by atoms with E-state index in [0.29, 0.717) is 35.4 Å². The molecule has 2 amide bonds. The van der Waals surface area contributed by atoms with Crippen LogP contribution >= 0.6 is 11.6 Å². The molecule has 8 heteroatoms. The Kier molecular flexibility index (Phi) is 9.04. The molecule has 0 spiro atoms. The van der Waals surface area contributed by atoms with Gasteiger partial charge in [-0.05, 0) is 60.4 Å². The minimum atomic E-state index is -0.409.